The Morgan fingerprint density at radius 2 is 1.79 bits per heavy atom. The third-order valence-corrected chi connectivity index (χ3v) is 3.19. The fourth-order valence-corrected chi connectivity index (χ4v) is 2.25. The third kappa shape index (κ3) is 2.39. The lowest BCUT2D eigenvalue weighted by atomic mass is 10.1. The number of halogens is 1. The van der Waals surface area contributed by atoms with Crippen LogP contribution in [0.1, 0.15) is 21.7 Å². The van der Waals surface area contributed by atoms with Crippen LogP contribution in [0.15, 0.2) is 35.1 Å². The van der Waals surface area contributed by atoms with E-state index in [1.165, 1.54) is 6.07 Å². The number of hydrogen-bond donors (Lipinski definition) is 1. The first-order valence-corrected chi connectivity index (χ1v) is 6.02. The number of carboxylic acid groups (broad SMARTS) is 1. The standard InChI is InChI=1S/C14H12ClNO3/c1-8-7-12(17)13(14(18)19)9(2)16(8)11-5-3-10(15)4-6-11/h3-7H,1-2H3,(H,18,19). The van der Waals surface area contributed by atoms with Gasteiger partial charge in [0.2, 0.25) is 0 Å². The van der Waals surface area contributed by atoms with E-state index >= 15 is 0 Å². The van der Waals surface area contributed by atoms with Gasteiger partial charge in [0, 0.05) is 28.2 Å². The fraction of sp³-hybridized carbons (Fsp3) is 0.143. The van der Waals surface area contributed by atoms with Gasteiger partial charge in [-0.1, -0.05) is 11.6 Å². The Kier molecular flexibility index (Phi) is 3.44. The highest BCUT2D eigenvalue weighted by Gasteiger charge is 2.17. The van der Waals surface area contributed by atoms with E-state index in [0.29, 0.717) is 16.4 Å². The van der Waals surface area contributed by atoms with Crippen molar-refractivity contribution in [2.75, 3.05) is 0 Å². The summed E-state index contributed by atoms with van der Waals surface area (Å²) in [6.45, 7) is 3.38. The minimum absolute atomic E-state index is 0.208. The molecule has 0 fully saturated rings. The maximum atomic E-state index is 11.7. The Morgan fingerprint density at radius 1 is 1.21 bits per heavy atom. The van der Waals surface area contributed by atoms with Crippen molar-refractivity contribution in [3.63, 3.8) is 0 Å². The van der Waals surface area contributed by atoms with E-state index in [9.17, 15) is 9.59 Å². The normalized spacial score (nSPS) is 10.5. The van der Waals surface area contributed by atoms with Crippen molar-refractivity contribution in [2.24, 2.45) is 0 Å². The molecule has 0 aliphatic rings. The van der Waals surface area contributed by atoms with Gasteiger partial charge >= 0.3 is 5.97 Å². The van der Waals surface area contributed by atoms with E-state index in [4.69, 9.17) is 16.7 Å². The van der Waals surface area contributed by atoms with Gasteiger partial charge in [0.1, 0.15) is 5.56 Å². The largest absolute Gasteiger partial charge is 0.477 e. The van der Waals surface area contributed by atoms with Crippen molar-refractivity contribution in [1.29, 1.82) is 0 Å². The average molecular weight is 278 g/mol. The van der Waals surface area contributed by atoms with Gasteiger partial charge < -0.3 is 9.67 Å². The second kappa shape index (κ2) is 4.90. The van der Waals surface area contributed by atoms with Gasteiger partial charge in [-0.2, -0.15) is 0 Å². The SMILES string of the molecule is Cc1cc(=O)c(C(=O)O)c(C)n1-c1ccc(Cl)cc1. The predicted octanol–water partition coefficient (Wildman–Crippen LogP) is 2.81. The molecular formula is C14H12ClNO3. The molecule has 0 unspecified atom stereocenters. The van der Waals surface area contributed by atoms with Crippen LogP contribution in [0.25, 0.3) is 5.69 Å². The molecule has 19 heavy (non-hydrogen) atoms. The summed E-state index contributed by atoms with van der Waals surface area (Å²) in [5.41, 5.74) is 1.16. The molecule has 1 N–H and O–H groups in total. The van der Waals surface area contributed by atoms with Crippen LogP contribution in [-0.2, 0) is 0 Å². The lowest BCUT2D eigenvalue weighted by molar-refractivity contribution is 0.0694. The molecular weight excluding hydrogens is 266 g/mol. The first-order chi connectivity index (χ1) is 8.91. The second-order valence-corrected chi connectivity index (χ2v) is 4.66. The number of carbonyl (C=O) groups is 1. The van der Waals surface area contributed by atoms with Crippen LogP contribution in [0.3, 0.4) is 0 Å². The van der Waals surface area contributed by atoms with Crippen LogP contribution in [0.5, 0.6) is 0 Å². The molecule has 1 aromatic heterocycles. The zero-order valence-corrected chi connectivity index (χ0v) is 11.2. The quantitative estimate of drug-likeness (QED) is 0.918. The van der Waals surface area contributed by atoms with Crippen molar-refractivity contribution < 1.29 is 9.90 Å². The van der Waals surface area contributed by atoms with Crippen molar-refractivity contribution in [3.8, 4) is 5.69 Å². The van der Waals surface area contributed by atoms with Gasteiger partial charge in [-0.25, -0.2) is 4.79 Å². The van der Waals surface area contributed by atoms with Gasteiger partial charge in [0.15, 0.2) is 5.43 Å². The number of aryl methyl sites for hydroxylation is 1. The van der Waals surface area contributed by atoms with Crippen LogP contribution < -0.4 is 5.43 Å². The summed E-state index contributed by atoms with van der Waals surface area (Å²) in [6, 6.07) is 8.31. The van der Waals surface area contributed by atoms with Gasteiger partial charge in [-0.3, -0.25) is 4.79 Å². The number of nitrogens with zero attached hydrogens (tertiary/aromatic N) is 1. The minimum Gasteiger partial charge on any atom is -0.477 e. The number of hydrogen-bond acceptors (Lipinski definition) is 2. The maximum absolute atomic E-state index is 11.7. The zero-order chi connectivity index (χ0) is 14.2. The highest BCUT2D eigenvalue weighted by atomic mass is 35.5. The van der Waals surface area contributed by atoms with Gasteiger partial charge in [-0.15, -0.1) is 0 Å². The molecule has 2 rings (SSSR count). The van der Waals surface area contributed by atoms with Crippen LogP contribution >= 0.6 is 11.6 Å². The molecule has 1 aromatic carbocycles. The van der Waals surface area contributed by atoms with Crippen LogP contribution in [-0.4, -0.2) is 15.6 Å². The average Bonchev–Trinajstić information content (AvgIpc) is 2.30. The number of pyridine rings is 1. The Bertz CT molecular complexity index is 702. The van der Waals surface area contributed by atoms with Crippen molar-refractivity contribution in [2.45, 2.75) is 13.8 Å². The summed E-state index contributed by atoms with van der Waals surface area (Å²) in [4.78, 5) is 22.9. The Labute approximate surface area is 114 Å². The smallest absolute Gasteiger partial charge is 0.341 e. The van der Waals surface area contributed by atoms with E-state index in [0.717, 1.165) is 5.69 Å². The number of carboxylic acids is 1. The highest BCUT2D eigenvalue weighted by molar-refractivity contribution is 6.30. The Balaban J connectivity index is 2.77. The summed E-state index contributed by atoms with van der Waals surface area (Å²) < 4.78 is 1.72. The molecule has 0 atom stereocenters. The Hall–Kier alpha value is -2.07. The van der Waals surface area contributed by atoms with Crippen LogP contribution in [0.4, 0.5) is 0 Å². The summed E-state index contributed by atoms with van der Waals surface area (Å²) in [5.74, 6) is -1.22. The molecule has 0 saturated heterocycles. The second-order valence-electron chi connectivity index (χ2n) is 4.23. The van der Waals surface area contributed by atoms with Gasteiger partial charge in [0.25, 0.3) is 0 Å². The molecule has 1 heterocycles. The molecule has 0 saturated carbocycles. The summed E-state index contributed by atoms with van der Waals surface area (Å²) >= 11 is 5.83. The van der Waals surface area contributed by atoms with E-state index in [1.54, 1.807) is 42.7 Å². The van der Waals surface area contributed by atoms with Crippen molar-refractivity contribution in [1.82, 2.24) is 4.57 Å². The topological polar surface area (TPSA) is 59.3 Å². The summed E-state index contributed by atoms with van der Waals surface area (Å²) in [5, 5.41) is 9.71. The molecule has 98 valence electrons. The molecule has 2 aromatic rings. The van der Waals surface area contributed by atoms with Crippen LogP contribution in [0, 0.1) is 13.8 Å². The molecule has 0 spiro atoms. The lowest BCUT2D eigenvalue weighted by Crippen LogP contribution is -2.22. The lowest BCUT2D eigenvalue weighted by Gasteiger charge is -2.16. The maximum Gasteiger partial charge on any atom is 0.341 e. The fourth-order valence-electron chi connectivity index (χ4n) is 2.13. The molecule has 0 aliphatic heterocycles. The number of aromatic carboxylic acids is 1. The summed E-state index contributed by atoms with van der Waals surface area (Å²) in [6.07, 6.45) is 0. The zero-order valence-electron chi connectivity index (χ0n) is 10.5. The molecule has 0 radical (unpaired) electrons. The predicted molar refractivity (Wildman–Crippen MR) is 73.5 cm³/mol. The van der Waals surface area contributed by atoms with E-state index < -0.39 is 11.4 Å². The number of benzene rings is 1. The molecule has 5 heteroatoms. The van der Waals surface area contributed by atoms with E-state index in [1.807, 2.05) is 0 Å². The summed E-state index contributed by atoms with van der Waals surface area (Å²) in [7, 11) is 0. The van der Waals surface area contributed by atoms with E-state index in [-0.39, 0.29) is 5.56 Å². The first kappa shape index (κ1) is 13.4. The van der Waals surface area contributed by atoms with Gasteiger partial charge in [0.05, 0.1) is 0 Å². The van der Waals surface area contributed by atoms with E-state index in [2.05, 4.69) is 0 Å². The monoisotopic (exact) mass is 277 g/mol. The van der Waals surface area contributed by atoms with Crippen LogP contribution in [0.2, 0.25) is 5.02 Å². The Morgan fingerprint density at radius 3 is 2.32 bits per heavy atom. The third-order valence-electron chi connectivity index (χ3n) is 2.93. The number of aromatic nitrogens is 1. The molecule has 0 bridgehead atoms. The highest BCUT2D eigenvalue weighted by Crippen LogP contribution is 2.18. The van der Waals surface area contributed by atoms with Crippen molar-refractivity contribution in [3.05, 3.63) is 62.5 Å². The minimum atomic E-state index is -1.22. The first-order valence-electron chi connectivity index (χ1n) is 5.64. The molecule has 0 amide bonds. The molecule has 0 aliphatic carbocycles. The van der Waals surface area contributed by atoms with Crippen molar-refractivity contribution >= 4 is 17.6 Å². The number of rotatable bonds is 2. The molecule has 4 nitrogen and oxygen atoms in total. The van der Waals surface area contributed by atoms with Gasteiger partial charge in [-0.05, 0) is 38.1 Å².